The lowest BCUT2D eigenvalue weighted by Crippen LogP contribution is -2.45. The van der Waals surface area contributed by atoms with Crippen LogP contribution in [0.25, 0.3) is 0 Å². The number of nitrogens with zero attached hydrogens (tertiary/aromatic N) is 4. The van der Waals surface area contributed by atoms with Crippen molar-refractivity contribution in [1.82, 2.24) is 10.3 Å². The van der Waals surface area contributed by atoms with Crippen LogP contribution in [0.2, 0.25) is 10.0 Å². The Kier molecular flexibility index (Phi) is 9.22. The third-order valence-corrected chi connectivity index (χ3v) is 8.37. The zero-order chi connectivity index (χ0) is 29.5. The van der Waals surface area contributed by atoms with Crippen LogP contribution in [0.5, 0.6) is 0 Å². The van der Waals surface area contributed by atoms with Gasteiger partial charge >= 0.3 is 0 Å². The molecule has 0 saturated carbocycles. The number of rotatable bonds is 7. The van der Waals surface area contributed by atoms with Crippen molar-refractivity contribution < 1.29 is 8.42 Å². The van der Waals surface area contributed by atoms with Gasteiger partial charge in [-0.05, 0) is 59.5 Å². The monoisotopic (exact) mass is 618 g/mol. The molecule has 0 aromatic heterocycles. The Balaban J connectivity index is 1.51. The Labute approximate surface area is 255 Å². The second kappa shape index (κ2) is 13.2. The Morgan fingerprint density at radius 3 is 2.12 bits per heavy atom. The Morgan fingerprint density at radius 1 is 0.881 bits per heavy atom. The van der Waals surface area contributed by atoms with Crippen LogP contribution in [-0.4, -0.2) is 44.1 Å². The van der Waals surface area contributed by atoms with Crippen LogP contribution < -0.4 is 11.1 Å². The fourth-order valence-corrected chi connectivity index (χ4v) is 5.68. The standard InChI is InChI=1S/C31H28Cl2N6O2S/c32-25-13-11-24(12-14-25)29-28(23-9-5-2-6-10-23)21-39(37-29)31(38-42(40,41)27-17-15-26(33)16-18-27)36-30(34)35-20-19-22-7-3-1-4-8-22/h1-18,28H,19-21H2,(H3,34,35,36,38). The molecule has 0 saturated heterocycles. The van der Waals surface area contributed by atoms with Gasteiger partial charge in [0.2, 0.25) is 5.96 Å². The van der Waals surface area contributed by atoms with Gasteiger partial charge in [-0.25, -0.2) is 5.01 Å². The smallest absolute Gasteiger partial charge is 0.285 e. The van der Waals surface area contributed by atoms with Crippen molar-refractivity contribution in [2.75, 3.05) is 13.1 Å². The van der Waals surface area contributed by atoms with Crippen LogP contribution in [0.4, 0.5) is 0 Å². The molecule has 5 rings (SSSR count). The van der Waals surface area contributed by atoms with E-state index in [4.69, 9.17) is 34.0 Å². The maximum Gasteiger partial charge on any atom is 0.285 e. The SMILES string of the molecule is NC(=NCCc1ccccc1)N/C(=N/S(=O)(=O)c1ccc(Cl)cc1)N1CC(c2ccccc2)C(c2ccc(Cl)cc2)=N1. The zero-order valence-corrected chi connectivity index (χ0v) is 24.8. The third kappa shape index (κ3) is 7.36. The Hall–Kier alpha value is -4.18. The van der Waals surface area contributed by atoms with Gasteiger partial charge in [0.15, 0.2) is 5.96 Å². The normalized spacial score (nSPS) is 15.9. The molecule has 8 nitrogen and oxygen atoms in total. The molecule has 1 atom stereocenters. The summed E-state index contributed by atoms with van der Waals surface area (Å²) in [6.07, 6.45) is 0.664. The fraction of sp³-hybridized carbons (Fsp3) is 0.129. The number of hydrogen-bond donors (Lipinski definition) is 2. The molecule has 0 radical (unpaired) electrons. The summed E-state index contributed by atoms with van der Waals surface area (Å²) in [7, 11) is -4.16. The quantitative estimate of drug-likeness (QED) is 0.204. The lowest BCUT2D eigenvalue weighted by molar-refractivity contribution is 0.464. The van der Waals surface area contributed by atoms with E-state index in [9.17, 15) is 8.42 Å². The van der Waals surface area contributed by atoms with E-state index in [-0.39, 0.29) is 22.7 Å². The molecular formula is C31H28Cl2N6O2S. The molecule has 1 aliphatic rings. The van der Waals surface area contributed by atoms with Crippen LogP contribution in [0.3, 0.4) is 0 Å². The van der Waals surface area contributed by atoms with Crippen molar-refractivity contribution in [3.8, 4) is 0 Å². The molecule has 1 aliphatic heterocycles. The van der Waals surface area contributed by atoms with Crippen molar-refractivity contribution in [3.05, 3.63) is 136 Å². The number of sulfonamides is 1. The topological polar surface area (TPSA) is 113 Å². The molecule has 1 unspecified atom stereocenters. The van der Waals surface area contributed by atoms with Gasteiger partial charge in [-0.2, -0.15) is 13.5 Å². The van der Waals surface area contributed by atoms with Gasteiger partial charge in [-0.15, -0.1) is 4.40 Å². The minimum atomic E-state index is -4.16. The largest absolute Gasteiger partial charge is 0.370 e. The van der Waals surface area contributed by atoms with E-state index >= 15 is 0 Å². The number of nitrogens with one attached hydrogen (secondary N) is 1. The molecule has 0 aliphatic carbocycles. The number of hydrogen-bond acceptors (Lipinski definition) is 4. The lowest BCUT2D eigenvalue weighted by Gasteiger charge is -2.19. The maximum atomic E-state index is 13.4. The van der Waals surface area contributed by atoms with E-state index in [1.807, 2.05) is 72.8 Å². The molecular weight excluding hydrogens is 591 g/mol. The first-order valence-electron chi connectivity index (χ1n) is 13.2. The summed E-state index contributed by atoms with van der Waals surface area (Å²) in [5.41, 5.74) is 9.95. The number of nitrogens with two attached hydrogens (primary N) is 1. The van der Waals surface area contributed by atoms with Crippen molar-refractivity contribution in [3.63, 3.8) is 0 Å². The van der Waals surface area contributed by atoms with Gasteiger partial charge in [0.05, 0.1) is 17.2 Å². The highest BCUT2D eigenvalue weighted by atomic mass is 35.5. The van der Waals surface area contributed by atoms with Gasteiger partial charge < -0.3 is 5.73 Å². The highest BCUT2D eigenvalue weighted by Crippen LogP contribution is 2.30. The molecule has 0 amide bonds. The van der Waals surface area contributed by atoms with Crippen molar-refractivity contribution in [1.29, 1.82) is 0 Å². The number of aliphatic imine (C=N–C) groups is 1. The van der Waals surface area contributed by atoms with E-state index in [0.717, 1.165) is 22.4 Å². The fourth-order valence-electron chi connectivity index (χ4n) is 4.47. The Morgan fingerprint density at radius 2 is 1.48 bits per heavy atom. The van der Waals surface area contributed by atoms with Gasteiger partial charge in [0, 0.05) is 22.5 Å². The predicted molar refractivity (Wildman–Crippen MR) is 170 cm³/mol. The highest BCUT2D eigenvalue weighted by Gasteiger charge is 2.33. The van der Waals surface area contributed by atoms with Crippen LogP contribution in [-0.2, 0) is 16.4 Å². The molecule has 4 aromatic carbocycles. The molecule has 214 valence electrons. The van der Waals surface area contributed by atoms with E-state index in [1.165, 1.54) is 29.3 Å². The second-order valence-corrected chi connectivity index (χ2v) is 12.0. The van der Waals surface area contributed by atoms with Crippen molar-refractivity contribution in [2.24, 2.45) is 20.2 Å². The number of halogens is 2. The lowest BCUT2D eigenvalue weighted by atomic mass is 9.91. The number of benzene rings is 4. The summed E-state index contributed by atoms with van der Waals surface area (Å²) < 4.78 is 30.9. The molecule has 42 heavy (non-hydrogen) atoms. The first-order valence-corrected chi connectivity index (χ1v) is 15.4. The van der Waals surface area contributed by atoms with E-state index in [2.05, 4.69) is 14.7 Å². The molecule has 0 bridgehead atoms. The van der Waals surface area contributed by atoms with Gasteiger partial charge in [0.1, 0.15) is 0 Å². The molecule has 11 heteroatoms. The van der Waals surface area contributed by atoms with Gasteiger partial charge in [0.25, 0.3) is 10.0 Å². The van der Waals surface area contributed by atoms with Crippen molar-refractivity contribution >= 4 is 50.9 Å². The molecule has 0 fully saturated rings. The summed E-state index contributed by atoms with van der Waals surface area (Å²) in [6, 6.07) is 32.9. The molecule has 4 aromatic rings. The van der Waals surface area contributed by atoms with E-state index in [1.54, 1.807) is 12.1 Å². The molecule has 0 spiro atoms. The summed E-state index contributed by atoms with van der Waals surface area (Å²) in [6.45, 7) is 0.702. The predicted octanol–water partition coefficient (Wildman–Crippen LogP) is 5.69. The summed E-state index contributed by atoms with van der Waals surface area (Å²) in [4.78, 5) is 4.39. The maximum absolute atomic E-state index is 13.4. The minimum Gasteiger partial charge on any atom is -0.370 e. The van der Waals surface area contributed by atoms with Crippen molar-refractivity contribution in [2.45, 2.75) is 17.2 Å². The first kappa shape index (κ1) is 29.3. The second-order valence-electron chi connectivity index (χ2n) is 9.51. The van der Waals surface area contributed by atoms with Gasteiger partial charge in [-0.3, -0.25) is 10.3 Å². The van der Waals surface area contributed by atoms with Crippen LogP contribution in [0, 0.1) is 0 Å². The van der Waals surface area contributed by atoms with Crippen LogP contribution in [0.1, 0.15) is 22.6 Å². The average molecular weight is 620 g/mol. The van der Waals surface area contributed by atoms with E-state index < -0.39 is 10.0 Å². The van der Waals surface area contributed by atoms with Crippen LogP contribution in [0.15, 0.2) is 129 Å². The molecule has 1 heterocycles. The van der Waals surface area contributed by atoms with Gasteiger partial charge in [-0.1, -0.05) is 96.0 Å². The number of hydrazone groups is 1. The summed E-state index contributed by atoms with van der Waals surface area (Å²) in [5, 5.41) is 10.3. The summed E-state index contributed by atoms with van der Waals surface area (Å²) >= 11 is 12.1. The van der Waals surface area contributed by atoms with E-state index in [0.29, 0.717) is 29.6 Å². The zero-order valence-electron chi connectivity index (χ0n) is 22.4. The number of guanidine groups is 2. The van der Waals surface area contributed by atoms with Crippen LogP contribution >= 0.6 is 23.2 Å². The average Bonchev–Trinajstić information content (AvgIpc) is 3.44. The summed E-state index contributed by atoms with van der Waals surface area (Å²) in [5.74, 6) is -0.243. The minimum absolute atomic E-state index is 0.0161. The third-order valence-electron chi connectivity index (χ3n) is 6.58. The first-order chi connectivity index (χ1) is 20.3. The molecule has 3 N–H and O–H groups in total. The highest BCUT2D eigenvalue weighted by molar-refractivity contribution is 7.90. The Bertz CT molecular complexity index is 1710.